The number of carbonyl (C=O) groups excluding carboxylic acids is 1. The molecule has 2 aromatic rings. The predicted octanol–water partition coefficient (Wildman–Crippen LogP) is 4.00. The summed E-state index contributed by atoms with van der Waals surface area (Å²) in [5.41, 5.74) is 1.58. The summed E-state index contributed by atoms with van der Waals surface area (Å²) in [6, 6.07) is 11.0. The van der Waals surface area contributed by atoms with Gasteiger partial charge in [0.05, 0.1) is 27.6 Å². The molecule has 1 amide bonds. The summed E-state index contributed by atoms with van der Waals surface area (Å²) in [6.45, 7) is 2.13. The third-order valence-electron chi connectivity index (χ3n) is 4.23. The van der Waals surface area contributed by atoms with Crippen molar-refractivity contribution in [1.82, 2.24) is 0 Å². The lowest BCUT2D eigenvalue weighted by molar-refractivity contribution is -0.384. The van der Waals surface area contributed by atoms with Gasteiger partial charge < -0.3 is 5.32 Å². The smallest absolute Gasteiger partial charge is 0.271 e. The van der Waals surface area contributed by atoms with E-state index in [1.54, 1.807) is 12.1 Å². The molecule has 0 unspecified atom stereocenters. The zero-order chi connectivity index (χ0) is 21.6. The van der Waals surface area contributed by atoms with E-state index in [1.165, 1.54) is 22.5 Å². The first-order valence-corrected chi connectivity index (χ1v) is 11.1. The van der Waals surface area contributed by atoms with Crippen LogP contribution in [0, 0.1) is 10.1 Å². The second kappa shape index (κ2) is 9.71. The van der Waals surface area contributed by atoms with Crippen LogP contribution in [0.4, 0.5) is 17.1 Å². The Balaban J connectivity index is 2.01. The van der Waals surface area contributed by atoms with E-state index < -0.39 is 20.9 Å². The molecule has 1 N–H and O–H groups in total. The second-order valence-corrected chi connectivity index (χ2v) is 8.74. The van der Waals surface area contributed by atoms with Crippen LogP contribution in [0.15, 0.2) is 42.5 Å². The molecule has 0 atom stereocenters. The van der Waals surface area contributed by atoms with Crippen molar-refractivity contribution < 1.29 is 18.1 Å². The summed E-state index contributed by atoms with van der Waals surface area (Å²) in [5, 5.41) is 13.6. The van der Waals surface area contributed by atoms with Gasteiger partial charge in [0.25, 0.3) is 5.69 Å². The highest BCUT2D eigenvalue weighted by atomic mass is 35.5. The Morgan fingerprint density at radius 1 is 1.21 bits per heavy atom. The molecule has 0 aliphatic rings. The van der Waals surface area contributed by atoms with Crippen molar-refractivity contribution in [3.63, 3.8) is 0 Å². The lowest BCUT2D eigenvalue weighted by Gasteiger charge is -2.22. The van der Waals surface area contributed by atoms with Crippen molar-refractivity contribution >= 4 is 44.6 Å². The quantitative estimate of drug-likeness (QED) is 0.469. The minimum atomic E-state index is -3.51. The SMILES string of the molecule is CCc1ccc(N(CCCC(=O)Nc2cc([N+](=O)[O-])ccc2Cl)S(C)(=O)=O)cc1. The van der Waals surface area contributed by atoms with Gasteiger partial charge in [-0.1, -0.05) is 30.7 Å². The van der Waals surface area contributed by atoms with Crippen LogP contribution in [0.5, 0.6) is 0 Å². The molecule has 0 aliphatic heterocycles. The number of nitrogens with one attached hydrogen (secondary N) is 1. The first-order chi connectivity index (χ1) is 13.6. The van der Waals surface area contributed by atoms with Crippen molar-refractivity contribution in [2.75, 3.05) is 22.4 Å². The van der Waals surface area contributed by atoms with E-state index in [0.717, 1.165) is 18.2 Å². The van der Waals surface area contributed by atoms with Crippen LogP contribution in [-0.4, -0.2) is 32.0 Å². The van der Waals surface area contributed by atoms with Gasteiger partial charge in [-0.3, -0.25) is 19.2 Å². The lowest BCUT2D eigenvalue weighted by Crippen LogP contribution is -2.31. The van der Waals surface area contributed by atoms with E-state index in [1.807, 2.05) is 19.1 Å². The number of hydrogen-bond acceptors (Lipinski definition) is 5. The Labute approximate surface area is 174 Å². The number of non-ortho nitro benzene ring substituents is 1. The zero-order valence-corrected chi connectivity index (χ0v) is 17.7. The van der Waals surface area contributed by atoms with Gasteiger partial charge in [-0.25, -0.2) is 8.42 Å². The van der Waals surface area contributed by atoms with Gasteiger partial charge in [-0.2, -0.15) is 0 Å². The molecular formula is C19H22ClN3O5S. The molecule has 0 saturated carbocycles. The van der Waals surface area contributed by atoms with Gasteiger partial charge in [0, 0.05) is 25.1 Å². The summed E-state index contributed by atoms with van der Waals surface area (Å²) >= 11 is 5.97. The Bertz CT molecular complexity index is 993. The number of aryl methyl sites for hydroxylation is 1. The number of amides is 1. The van der Waals surface area contributed by atoms with Gasteiger partial charge in [0.15, 0.2) is 0 Å². The van der Waals surface area contributed by atoms with Crippen LogP contribution < -0.4 is 9.62 Å². The van der Waals surface area contributed by atoms with Crippen molar-refractivity contribution in [2.24, 2.45) is 0 Å². The second-order valence-electron chi connectivity index (χ2n) is 6.43. The van der Waals surface area contributed by atoms with E-state index in [4.69, 9.17) is 11.6 Å². The number of hydrogen-bond donors (Lipinski definition) is 1. The molecule has 0 heterocycles. The summed E-state index contributed by atoms with van der Waals surface area (Å²) in [6.07, 6.45) is 2.25. The lowest BCUT2D eigenvalue weighted by atomic mass is 10.1. The van der Waals surface area contributed by atoms with E-state index in [0.29, 0.717) is 5.69 Å². The summed E-state index contributed by atoms with van der Waals surface area (Å²) < 4.78 is 25.5. The average Bonchev–Trinajstić information content (AvgIpc) is 2.66. The number of halogens is 1. The molecular weight excluding hydrogens is 418 g/mol. The first-order valence-electron chi connectivity index (χ1n) is 8.92. The third-order valence-corrected chi connectivity index (χ3v) is 5.76. The Morgan fingerprint density at radius 3 is 2.41 bits per heavy atom. The predicted molar refractivity (Wildman–Crippen MR) is 114 cm³/mol. The molecule has 0 bridgehead atoms. The standard InChI is InChI=1S/C19H22ClN3O5S/c1-3-14-6-8-15(9-7-14)22(29(2,27)28)12-4-5-19(24)21-18-13-16(23(25)26)10-11-17(18)20/h6-11,13H,3-5,12H2,1-2H3,(H,21,24). The van der Waals surface area contributed by atoms with Crippen molar-refractivity contribution in [1.29, 1.82) is 0 Å². The van der Waals surface area contributed by atoms with E-state index in [9.17, 15) is 23.3 Å². The molecule has 0 saturated heterocycles. The topological polar surface area (TPSA) is 110 Å². The minimum Gasteiger partial charge on any atom is -0.325 e. The fraction of sp³-hybridized carbons (Fsp3) is 0.316. The maximum atomic E-state index is 12.2. The van der Waals surface area contributed by atoms with Gasteiger partial charge in [0.2, 0.25) is 15.9 Å². The molecule has 0 fully saturated rings. The highest BCUT2D eigenvalue weighted by Crippen LogP contribution is 2.27. The normalized spacial score (nSPS) is 11.1. The molecule has 0 radical (unpaired) electrons. The number of nitro groups is 1. The van der Waals surface area contributed by atoms with Crippen LogP contribution in [0.1, 0.15) is 25.3 Å². The summed E-state index contributed by atoms with van der Waals surface area (Å²) in [5.74, 6) is -0.415. The van der Waals surface area contributed by atoms with Gasteiger partial charge in [0.1, 0.15) is 0 Å². The van der Waals surface area contributed by atoms with Crippen LogP contribution in [0.25, 0.3) is 0 Å². The number of anilines is 2. The first kappa shape index (κ1) is 22.6. The number of benzene rings is 2. The summed E-state index contributed by atoms with van der Waals surface area (Å²) in [4.78, 5) is 22.5. The van der Waals surface area contributed by atoms with E-state index in [-0.39, 0.29) is 35.8 Å². The molecule has 0 spiro atoms. The van der Waals surface area contributed by atoms with Crippen LogP contribution in [0.3, 0.4) is 0 Å². The van der Waals surface area contributed by atoms with Gasteiger partial charge >= 0.3 is 0 Å². The Hall–Kier alpha value is -2.65. The number of nitrogens with zero attached hydrogens (tertiary/aromatic N) is 2. The number of nitro benzene ring substituents is 1. The van der Waals surface area contributed by atoms with Crippen molar-refractivity contribution in [3.8, 4) is 0 Å². The maximum Gasteiger partial charge on any atom is 0.271 e. The highest BCUT2D eigenvalue weighted by Gasteiger charge is 2.18. The highest BCUT2D eigenvalue weighted by molar-refractivity contribution is 7.92. The molecule has 10 heteroatoms. The minimum absolute atomic E-state index is 0.0259. The van der Waals surface area contributed by atoms with Gasteiger partial charge in [-0.15, -0.1) is 0 Å². The summed E-state index contributed by atoms with van der Waals surface area (Å²) in [7, 11) is -3.51. The van der Waals surface area contributed by atoms with E-state index >= 15 is 0 Å². The number of carbonyl (C=O) groups is 1. The molecule has 156 valence electrons. The van der Waals surface area contributed by atoms with E-state index in [2.05, 4.69) is 5.32 Å². The van der Waals surface area contributed by atoms with Crippen LogP contribution in [0.2, 0.25) is 5.02 Å². The number of sulfonamides is 1. The third kappa shape index (κ3) is 6.43. The fourth-order valence-electron chi connectivity index (χ4n) is 2.70. The van der Waals surface area contributed by atoms with Crippen LogP contribution in [-0.2, 0) is 21.2 Å². The number of rotatable bonds is 9. The largest absolute Gasteiger partial charge is 0.325 e. The fourth-order valence-corrected chi connectivity index (χ4v) is 3.83. The molecule has 8 nitrogen and oxygen atoms in total. The average molecular weight is 440 g/mol. The van der Waals surface area contributed by atoms with Gasteiger partial charge in [-0.05, 0) is 36.6 Å². The molecule has 0 aliphatic carbocycles. The molecule has 2 aromatic carbocycles. The Kier molecular flexibility index (Phi) is 7.58. The molecule has 0 aromatic heterocycles. The maximum absolute atomic E-state index is 12.2. The zero-order valence-electron chi connectivity index (χ0n) is 16.1. The molecule has 2 rings (SSSR count). The van der Waals surface area contributed by atoms with Crippen molar-refractivity contribution in [2.45, 2.75) is 26.2 Å². The monoisotopic (exact) mass is 439 g/mol. The van der Waals surface area contributed by atoms with Crippen molar-refractivity contribution in [3.05, 3.63) is 63.2 Å². The Morgan fingerprint density at radius 2 is 1.86 bits per heavy atom. The molecule has 29 heavy (non-hydrogen) atoms. The van der Waals surface area contributed by atoms with Crippen LogP contribution >= 0.6 is 11.6 Å².